The highest BCUT2D eigenvalue weighted by Gasteiger charge is 2.44. The second-order valence-corrected chi connectivity index (χ2v) is 10.0. The van der Waals surface area contributed by atoms with Crippen molar-refractivity contribution < 1.29 is 32.4 Å². The fraction of sp³-hybridized carbons (Fsp3) is 0.438. The summed E-state index contributed by atoms with van der Waals surface area (Å²) in [6.07, 6.45) is 2.09. The summed E-state index contributed by atoms with van der Waals surface area (Å²) in [5.74, 6) is -1.93. The molecule has 40 heavy (non-hydrogen) atoms. The lowest BCUT2D eigenvalue weighted by Gasteiger charge is -2.45. The first kappa shape index (κ1) is 33.6. The molecule has 0 aliphatic heterocycles. The summed E-state index contributed by atoms with van der Waals surface area (Å²) < 4.78 is 48.1. The first-order valence-electron chi connectivity index (χ1n) is 14.3. The van der Waals surface area contributed by atoms with Crippen molar-refractivity contribution in [3.05, 3.63) is 107 Å². The maximum absolute atomic E-state index is 13.7. The molecule has 0 heterocycles. The van der Waals surface area contributed by atoms with E-state index in [2.05, 4.69) is 27.7 Å². The molecule has 0 aromatic heterocycles. The number of quaternary nitrogens is 1. The van der Waals surface area contributed by atoms with Crippen molar-refractivity contribution in [2.75, 3.05) is 26.2 Å². The number of nitrogens with zero attached hydrogens (tertiary/aromatic N) is 1. The van der Waals surface area contributed by atoms with Gasteiger partial charge in [-0.25, -0.2) is 13.2 Å². The minimum Gasteiger partial charge on any atom is -0.832 e. The zero-order valence-electron chi connectivity index (χ0n) is 24.4. The SMILES string of the molecule is CCCCC(c1ccc(F)cc1)C(OB([O-])O)(c1ccc(F)cc1)c1ccc(F)cc1.CC[N+](CC)(CC)CC. The summed E-state index contributed by atoms with van der Waals surface area (Å²) in [4.78, 5) is 0. The summed E-state index contributed by atoms with van der Waals surface area (Å²) in [5, 5.41) is 21.8. The second-order valence-electron chi connectivity index (χ2n) is 10.0. The normalized spacial score (nSPS) is 12.4. The van der Waals surface area contributed by atoms with Crippen molar-refractivity contribution in [2.45, 2.75) is 65.4 Å². The average Bonchev–Trinajstić information content (AvgIpc) is 2.96. The minimum absolute atomic E-state index is 0.417. The third-order valence-electron chi connectivity index (χ3n) is 8.13. The third-order valence-corrected chi connectivity index (χ3v) is 8.13. The van der Waals surface area contributed by atoms with E-state index in [1.807, 2.05) is 6.92 Å². The predicted molar refractivity (Wildman–Crippen MR) is 154 cm³/mol. The van der Waals surface area contributed by atoms with Crippen molar-refractivity contribution in [2.24, 2.45) is 0 Å². The van der Waals surface area contributed by atoms with Gasteiger partial charge in [0.2, 0.25) is 0 Å². The Morgan fingerprint density at radius 3 is 1.40 bits per heavy atom. The molecule has 0 aliphatic rings. The molecule has 3 aromatic rings. The maximum atomic E-state index is 13.7. The van der Waals surface area contributed by atoms with E-state index >= 15 is 0 Å². The highest BCUT2D eigenvalue weighted by atomic mass is 19.1. The van der Waals surface area contributed by atoms with Crippen LogP contribution in [0, 0.1) is 17.5 Å². The predicted octanol–water partition coefficient (Wildman–Crippen LogP) is 6.56. The Labute approximate surface area is 238 Å². The van der Waals surface area contributed by atoms with Crippen LogP contribution in [-0.4, -0.2) is 43.0 Å². The lowest BCUT2D eigenvalue weighted by atomic mass is 9.70. The molecule has 0 fully saturated rings. The highest BCUT2D eigenvalue weighted by molar-refractivity contribution is 6.30. The Bertz CT molecular complexity index is 1060. The van der Waals surface area contributed by atoms with Gasteiger partial charge in [0.25, 0.3) is 0 Å². The summed E-state index contributed by atoms with van der Waals surface area (Å²) in [5.41, 5.74) is -0.0546. The second kappa shape index (κ2) is 16.0. The smallest absolute Gasteiger partial charge is 0.343 e. The lowest BCUT2D eigenvalue weighted by molar-refractivity contribution is -0.921. The molecule has 3 rings (SSSR count). The number of hydrogen-bond donors (Lipinski definition) is 1. The van der Waals surface area contributed by atoms with E-state index in [1.54, 1.807) is 12.1 Å². The fourth-order valence-corrected chi connectivity index (χ4v) is 5.39. The molecule has 8 heteroatoms. The number of halogens is 3. The monoisotopic (exact) mass is 557 g/mol. The number of unbranched alkanes of at least 4 members (excludes halogenated alkanes) is 1. The molecule has 0 saturated heterocycles. The molecular weight excluding hydrogens is 514 g/mol. The molecule has 0 spiro atoms. The summed E-state index contributed by atoms with van der Waals surface area (Å²) in [6.45, 7) is 16.2. The molecule has 1 atom stereocenters. The highest BCUT2D eigenvalue weighted by Crippen LogP contribution is 2.48. The van der Waals surface area contributed by atoms with Crippen LogP contribution >= 0.6 is 0 Å². The Kier molecular flexibility index (Phi) is 13.4. The van der Waals surface area contributed by atoms with Crippen LogP contribution in [0.15, 0.2) is 72.8 Å². The van der Waals surface area contributed by atoms with Crippen LogP contribution < -0.4 is 5.02 Å². The van der Waals surface area contributed by atoms with E-state index in [1.165, 1.54) is 91.3 Å². The van der Waals surface area contributed by atoms with Gasteiger partial charge in [-0.3, -0.25) is 0 Å². The summed E-state index contributed by atoms with van der Waals surface area (Å²) in [7, 11) is -2.42. The topological polar surface area (TPSA) is 52.5 Å². The van der Waals surface area contributed by atoms with Crippen LogP contribution in [0.1, 0.15) is 76.5 Å². The van der Waals surface area contributed by atoms with Crippen LogP contribution in [0.5, 0.6) is 0 Å². The molecular formula is C32H43BF3NO3. The van der Waals surface area contributed by atoms with Gasteiger partial charge in [-0.05, 0) is 87.2 Å². The number of hydrogen-bond acceptors (Lipinski definition) is 3. The van der Waals surface area contributed by atoms with Crippen LogP contribution in [0.2, 0.25) is 0 Å². The molecule has 1 N–H and O–H groups in total. The van der Waals surface area contributed by atoms with Gasteiger partial charge in [0.15, 0.2) is 0 Å². The van der Waals surface area contributed by atoms with Crippen LogP contribution in [0.3, 0.4) is 0 Å². The first-order valence-corrected chi connectivity index (χ1v) is 14.3. The minimum atomic E-state index is -2.42. The molecule has 0 saturated carbocycles. The van der Waals surface area contributed by atoms with Crippen LogP contribution in [-0.2, 0) is 10.3 Å². The van der Waals surface area contributed by atoms with E-state index in [-0.39, 0.29) is 0 Å². The van der Waals surface area contributed by atoms with Crippen LogP contribution in [0.25, 0.3) is 0 Å². The third kappa shape index (κ3) is 8.43. The van der Waals surface area contributed by atoms with E-state index in [9.17, 15) is 23.2 Å². The van der Waals surface area contributed by atoms with Gasteiger partial charge >= 0.3 is 7.32 Å². The van der Waals surface area contributed by atoms with Crippen molar-refractivity contribution in [3.8, 4) is 0 Å². The van der Waals surface area contributed by atoms with E-state index in [0.717, 1.165) is 12.8 Å². The van der Waals surface area contributed by atoms with Gasteiger partial charge in [0.05, 0.1) is 26.2 Å². The molecule has 4 nitrogen and oxygen atoms in total. The van der Waals surface area contributed by atoms with Gasteiger partial charge < -0.3 is 19.2 Å². The Balaban J connectivity index is 0.000000536. The standard InChI is InChI=1S/C24H23BF3O3.C8H20N/c1-2-3-4-23(17-5-11-20(26)12-6-17)24(31-25(29)30,18-7-13-21(27)14-8-18)19-9-15-22(28)16-10-19;1-5-9(6-2,7-3)8-4/h5-16,23,29H,2-4H2,1H3;5-8H2,1-4H3/q-1;+1. The molecule has 0 aliphatic carbocycles. The first-order chi connectivity index (χ1) is 19.1. The van der Waals surface area contributed by atoms with Gasteiger partial charge in [-0.1, -0.05) is 56.2 Å². The van der Waals surface area contributed by atoms with Crippen molar-refractivity contribution in [1.82, 2.24) is 0 Å². The zero-order valence-corrected chi connectivity index (χ0v) is 24.4. The fourth-order valence-electron chi connectivity index (χ4n) is 5.39. The summed E-state index contributed by atoms with van der Waals surface area (Å²) in [6, 6.07) is 16.6. The average molecular weight is 558 g/mol. The number of benzene rings is 3. The number of rotatable bonds is 13. The van der Waals surface area contributed by atoms with Gasteiger partial charge in [0.1, 0.15) is 23.1 Å². The molecule has 0 amide bonds. The van der Waals surface area contributed by atoms with Crippen molar-refractivity contribution >= 4 is 7.32 Å². The molecule has 0 bridgehead atoms. The Morgan fingerprint density at radius 2 is 1.10 bits per heavy atom. The molecule has 1 unspecified atom stereocenters. The largest absolute Gasteiger partial charge is 0.832 e. The van der Waals surface area contributed by atoms with Gasteiger partial charge in [-0.15, -0.1) is 0 Å². The quantitative estimate of drug-likeness (QED) is 0.191. The lowest BCUT2D eigenvalue weighted by Crippen LogP contribution is -2.48. The summed E-state index contributed by atoms with van der Waals surface area (Å²) >= 11 is 0. The molecule has 218 valence electrons. The Morgan fingerprint density at radius 1 is 0.725 bits per heavy atom. The Hall–Kier alpha value is -2.65. The van der Waals surface area contributed by atoms with E-state index in [0.29, 0.717) is 23.1 Å². The van der Waals surface area contributed by atoms with Gasteiger partial charge in [-0.2, -0.15) is 0 Å². The van der Waals surface area contributed by atoms with Crippen molar-refractivity contribution in [3.63, 3.8) is 0 Å². The van der Waals surface area contributed by atoms with Crippen LogP contribution in [0.4, 0.5) is 13.2 Å². The van der Waals surface area contributed by atoms with Crippen molar-refractivity contribution in [1.29, 1.82) is 0 Å². The van der Waals surface area contributed by atoms with E-state index < -0.39 is 36.3 Å². The van der Waals surface area contributed by atoms with Gasteiger partial charge in [0, 0.05) is 5.92 Å². The zero-order chi connectivity index (χ0) is 29.8. The molecule has 0 radical (unpaired) electrons. The molecule has 3 aromatic carbocycles. The maximum Gasteiger partial charge on any atom is 0.343 e. The van der Waals surface area contributed by atoms with E-state index in [4.69, 9.17) is 4.65 Å².